The predicted molar refractivity (Wildman–Crippen MR) is 94.9 cm³/mol. The lowest BCUT2D eigenvalue weighted by Crippen LogP contribution is -2.41. The molecule has 2 N–H and O–H groups in total. The van der Waals surface area contributed by atoms with Crippen LogP contribution in [0.1, 0.15) is 31.5 Å². The van der Waals surface area contributed by atoms with Crippen molar-refractivity contribution in [3.8, 4) is 11.3 Å². The van der Waals surface area contributed by atoms with E-state index in [2.05, 4.69) is 27.0 Å². The van der Waals surface area contributed by atoms with E-state index in [-0.39, 0.29) is 0 Å². The van der Waals surface area contributed by atoms with Gasteiger partial charge in [0.15, 0.2) is 0 Å². The molecule has 0 radical (unpaired) electrons. The fraction of sp³-hybridized carbons (Fsp3) is 0.526. The number of ether oxygens (including phenoxy) is 1. The van der Waals surface area contributed by atoms with Gasteiger partial charge in [0.25, 0.3) is 0 Å². The molecule has 3 rings (SSSR count). The molecule has 0 saturated carbocycles. The van der Waals surface area contributed by atoms with E-state index in [0.717, 1.165) is 43.0 Å². The smallest absolute Gasteiger partial charge is 0.110 e. The van der Waals surface area contributed by atoms with Crippen LogP contribution in [0.15, 0.2) is 36.5 Å². The van der Waals surface area contributed by atoms with Crippen LogP contribution in [0.5, 0.6) is 0 Å². The molecule has 0 aliphatic carbocycles. The number of imidazole rings is 1. The number of piperidine rings is 1. The molecule has 1 aliphatic rings. The SMILES string of the molecule is CCOC[C@H](O)CN1CCC[C@H](c2ncc(-c3ccccc3)[nH]2)C1. The van der Waals surface area contributed by atoms with Crippen molar-refractivity contribution in [2.45, 2.75) is 31.8 Å². The van der Waals surface area contributed by atoms with E-state index >= 15 is 0 Å². The van der Waals surface area contributed by atoms with Crippen molar-refractivity contribution in [3.05, 3.63) is 42.4 Å². The number of aromatic amines is 1. The first-order valence-corrected chi connectivity index (χ1v) is 8.84. The van der Waals surface area contributed by atoms with Crippen LogP contribution in [0, 0.1) is 0 Å². The number of nitrogens with zero attached hydrogens (tertiary/aromatic N) is 2. The van der Waals surface area contributed by atoms with Crippen LogP contribution in [-0.2, 0) is 4.74 Å². The minimum Gasteiger partial charge on any atom is -0.389 e. The number of nitrogens with one attached hydrogen (secondary N) is 1. The molecular formula is C19H27N3O2. The van der Waals surface area contributed by atoms with Crippen LogP contribution >= 0.6 is 0 Å². The third-order valence-electron chi connectivity index (χ3n) is 4.56. The van der Waals surface area contributed by atoms with E-state index in [0.29, 0.717) is 25.7 Å². The van der Waals surface area contributed by atoms with Crippen LogP contribution in [0.4, 0.5) is 0 Å². The van der Waals surface area contributed by atoms with E-state index in [4.69, 9.17) is 4.74 Å². The lowest BCUT2D eigenvalue weighted by molar-refractivity contribution is 0.0159. The van der Waals surface area contributed by atoms with Crippen molar-refractivity contribution in [1.29, 1.82) is 0 Å². The third-order valence-corrected chi connectivity index (χ3v) is 4.56. The lowest BCUT2D eigenvalue weighted by Gasteiger charge is -2.33. The Bertz CT molecular complexity index is 614. The number of likely N-dealkylation sites (tertiary alicyclic amines) is 1. The molecule has 0 spiro atoms. The molecule has 5 heteroatoms. The molecule has 5 nitrogen and oxygen atoms in total. The maximum atomic E-state index is 10.1. The molecule has 24 heavy (non-hydrogen) atoms. The largest absolute Gasteiger partial charge is 0.389 e. The van der Waals surface area contributed by atoms with Gasteiger partial charge in [-0.2, -0.15) is 0 Å². The molecule has 2 atom stereocenters. The van der Waals surface area contributed by atoms with Gasteiger partial charge in [-0.05, 0) is 31.9 Å². The molecule has 1 fully saturated rings. The van der Waals surface area contributed by atoms with Crippen LogP contribution in [0.3, 0.4) is 0 Å². The molecule has 1 aromatic heterocycles. The van der Waals surface area contributed by atoms with Gasteiger partial charge in [0, 0.05) is 25.6 Å². The molecule has 1 saturated heterocycles. The Hall–Kier alpha value is -1.69. The number of hydrogen-bond acceptors (Lipinski definition) is 4. The summed E-state index contributed by atoms with van der Waals surface area (Å²) in [7, 11) is 0. The summed E-state index contributed by atoms with van der Waals surface area (Å²) in [5.74, 6) is 1.45. The lowest BCUT2D eigenvalue weighted by atomic mass is 9.97. The standard InChI is InChI=1S/C19H27N3O2/c1-2-24-14-17(23)13-22-10-6-9-16(12-22)19-20-11-18(21-19)15-7-4-3-5-8-15/h3-5,7-8,11,16-17,23H,2,6,9-10,12-14H2,1H3,(H,20,21)/t16-,17+/m0/s1. The number of β-amino-alcohol motifs (C(OH)–C–C–N with tert-alkyl or cyclic N) is 1. The second-order valence-corrected chi connectivity index (χ2v) is 6.46. The Morgan fingerprint density at radius 2 is 2.21 bits per heavy atom. The molecule has 2 aromatic rings. The Morgan fingerprint density at radius 1 is 1.38 bits per heavy atom. The van der Waals surface area contributed by atoms with Gasteiger partial charge in [-0.15, -0.1) is 0 Å². The normalized spacial score (nSPS) is 20.2. The van der Waals surface area contributed by atoms with Crippen molar-refractivity contribution >= 4 is 0 Å². The second kappa shape index (κ2) is 8.42. The zero-order valence-corrected chi connectivity index (χ0v) is 14.3. The van der Waals surface area contributed by atoms with E-state index in [1.807, 2.05) is 31.3 Å². The number of aromatic nitrogens is 2. The summed E-state index contributed by atoms with van der Waals surface area (Å²) < 4.78 is 5.31. The molecule has 0 amide bonds. The first kappa shape index (κ1) is 17.1. The Labute approximate surface area is 143 Å². The zero-order valence-electron chi connectivity index (χ0n) is 14.3. The van der Waals surface area contributed by atoms with Crippen LogP contribution in [0.2, 0.25) is 0 Å². The number of aliphatic hydroxyl groups is 1. The average molecular weight is 329 g/mol. The minimum absolute atomic E-state index is 0.399. The maximum Gasteiger partial charge on any atom is 0.110 e. The summed E-state index contributed by atoms with van der Waals surface area (Å²) in [6.45, 7) is 5.65. The monoisotopic (exact) mass is 329 g/mol. The second-order valence-electron chi connectivity index (χ2n) is 6.46. The van der Waals surface area contributed by atoms with Gasteiger partial charge in [-0.25, -0.2) is 4.98 Å². The van der Waals surface area contributed by atoms with Crippen molar-refractivity contribution in [2.75, 3.05) is 32.8 Å². The van der Waals surface area contributed by atoms with Gasteiger partial charge in [-0.3, -0.25) is 4.90 Å². The Balaban J connectivity index is 1.60. The molecule has 130 valence electrons. The Morgan fingerprint density at radius 3 is 3.00 bits per heavy atom. The third kappa shape index (κ3) is 4.44. The number of rotatable bonds is 7. The fourth-order valence-corrected chi connectivity index (χ4v) is 3.36. The summed E-state index contributed by atoms with van der Waals surface area (Å²) in [5, 5.41) is 10.1. The first-order chi connectivity index (χ1) is 11.8. The molecule has 2 heterocycles. The van der Waals surface area contributed by atoms with Gasteiger partial charge in [0.1, 0.15) is 5.82 Å². The fourth-order valence-electron chi connectivity index (χ4n) is 3.36. The predicted octanol–water partition coefficient (Wildman–Crippen LogP) is 2.65. The highest BCUT2D eigenvalue weighted by molar-refractivity contribution is 5.58. The molecular weight excluding hydrogens is 302 g/mol. The van der Waals surface area contributed by atoms with E-state index < -0.39 is 6.10 Å². The number of hydrogen-bond donors (Lipinski definition) is 2. The van der Waals surface area contributed by atoms with Gasteiger partial charge in [0.05, 0.1) is 24.6 Å². The van der Waals surface area contributed by atoms with Crippen LogP contribution in [0.25, 0.3) is 11.3 Å². The van der Waals surface area contributed by atoms with Crippen molar-refractivity contribution in [3.63, 3.8) is 0 Å². The van der Waals surface area contributed by atoms with Crippen molar-refractivity contribution in [1.82, 2.24) is 14.9 Å². The minimum atomic E-state index is -0.416. The van der Waals surface area contributed by atoms with Crippen molar-refractivity contribution in [2.24, 2.45) is 0 Å². The maximum absolute atomic E-state index is 10.1. The van der Waals surface area contributed by atoms with E-state index in [1.54, 1.807) is 0 Å². The van der Waals surface area contributed by atoms with E-state index in [9.17, 15) is 5.11 Å². The van der Waals surface area contributed by atoms with Crippen molar-refractivity contribution < 1.29 is 9.84 Å². The first-order valence-electron chi connectivity index (χ1n) is 8.84. The van der Waals surface area contributed by atoms with Gasteiger partial charge in [0.2, 0.25) is 0 Å². The van der Waals surface area contributed by atoms with Crippen LogP contribution < -0.4 is 0 Å². The average Bonchev–Trinajstić information content (AvgIpc) is 3.11. The van der Waals surface area contributed by atoms with E-state index in [1.165, 1.54) is 0 Å². The summed E-state index contributed by atoms with van der Waals surface area (Å²) in [5.41, 5.74) is 2.23. The van der Waals surface area contributed by atoms with Gasteiger partial charge in [-0.1, -0.05) is 30.3 Å². The zero-order chi connectivity index (χ0) is 16.8. The molecule has 0 bridgehead atoms. The summed E-state index contributed by atoms with van der Waals surface area (Å²) in [6.07, 6.45) is 3.78. The Kier molecular flexibility index (Phi) is 6.01. The quantitative estimate of drug-likeness (QED) is 0.820. The molecule has 1 aromatic carbocycles. The number of benzene rings is 1. The molecule has 0 unspecified atom stereocenters. The summed E-state index contributed by atoms with van der Waals surface area (Å²) in [4.78, 5) is 10.4. The molecule has 1 aliphatic heterocycles. The topological polar surface area (TPSA) is 61.4 Å². The van der Waals surface area contributed by atoms with Crippen LogP contribution in [-0.4, -0.2) is 58.9 Å². The van der Waals surface area contributed by atoms with Gasteiger partial charge >= 0.3 is 0 Å². The van der Waals surface area contributed by atoms with Gasteiger partial charge < -0.3 is 14.8 Å². The highest BCUT2D eigenvalue weighted by Gasteiger charge is 2.25. The number of aliphatic hydroxyl groups excluding tert-OH is 1. The summed E-state index contributed by atoms with van der Waals surface area (Å²) in [6, 6.07) is 10.3. The number of H-pyrrole nitrogens is 1. The summed E-state index contributed by atoms with van der Waals surface area (Å²) >= 11 is 0. The highest BCUT2D eigenvalue weighted by atomic mass is 16.5. The highest BCUT2D eigenvalue weighted by Crippen LogP contribution is 2.27.